The summed E-state index contributed by atoms with van der Waals surface area (Å²) >= 11 is 0. The first-order valence-corrected chi connectivity index (χ1v) is 7.43. The molecule has 0 saturated heterocycles. The highest BCUT2D eigenvalue weighted by atomic mass is 14.5. The highest BCUT2D eigenvalue weighted by molar-refractivity contribution is 4.90. The lowest BCUT2D eigenvalue weighted by molar-refractivity contribution is 0.287. The van der Waals surface area contributed by atoms with Crippen LogP contribution in [-0.4, -0.2) is 0 Å². The Kier molecular flexibility index (Phi) is 5.34. The Balaban J connectivity index is 2.17. The quantitative estimate of drug-likeness (QED) is 0.545. The molecule has 1 saturated carbocycles. The zero-order valence-corrected chi connectivity index (χ0v) is 12.3. The predicted octanol–water partition coefficient (Wildman–Crippen LogP) is 5.38. The average molecular weight is 224 g/mol. The molecule has 0 aromatic heterocycles. The molecule has 1 aliphatic carbocycles. The highest BCUT2D eigenvalue weighted by Crippen LogP contribution is 2.48. The second kappa shape index (κ2) is 6.07. The predicted molar refractivity (Wildman–Crippen MR) is 73.5 cm³/mol. The largest absolute Gasteiger partial charge is 0.0628 e. The third-order valence-electron chi connectivity index (χ3n) is 4.87. The SMILES string of the molecule is CC(C)CC(CCCC1C(C)C1C)C(C)C. The van der Waals surface area contributed by atoms with E-state index in [-0.39, 0.29) is 0 Å². The van der Waals surface area contributed by atoms with Crippen LogP contribution in [0.15, 0.2) is 0 Å². The maximum Gasteiger partial charge on any atom is -0.0357 e. The molecule has 0 heteroatoms. The van der Waals surface area contributed by atoms with Crippen LogP contribution in [0.4, 0.5) is 0 Å². The molecular weight excluding hydrogens is 192 g/mol. The van der Waals surface area contributed by atoms with Crippen molar-refractivity contribution in [1.29, 1.82) is 0 Å². The van der Waals surface area contributed by atoms with Crippen LogP contribution >= 0.6 is 0 Å². The molecule has 0 aliphatic heterocycles. The molecule has 0 N–H and O–H groups in total. The number of hydrogen-bond acceptors (Lipinski definition) is 0. The summed E-state index contributed by atoms with van der Waals surface area (Å²) in [4.78, 5) is 0. The first-order valence-electron chi connectivity index (χ1n) is 7.43. The Morgan fingerprint density at radius 1 is 0.938 bits per heavy atom. The van der Waals surface area contributed by atoms with E-state index in [0.717, 1.165) is 35.5 Å². The normalized spacial score (nSPS) is 31.1. The van der Waals surface area contributed by atoms with Crippen LogP contribution in [0.3, 0.4) is 0 Å². The van der Waals surface area contributed by atoms with Gasteiger partial charge in [-0.15, -0.1) is 0 Å². The van der Waals surface area contributed by atoms with E-state index in [1.54, 1.807) is 0 Å². The van der Waals surface area contributed by atoms with Crippen molar-refractivity contribution in [2.45, 2.75) is 67.2 Å². The van der Waals surface area contributed by atoms with E-state index in [4.69, 9.17) is 0 Å². The smallest absolute Gasteiger partial charge is 0.0357 e. The van der Waals surface area contributed by atoms with Crippen molar-refractivity contribution >= 4 is 0 Å². The lowest BCUT2D eigenvalue weighted by Gasteiger charge is -2.22. The molecule has 0 radical (unpaired) electrons. The zero-order chi connectivity index (χ0) is 12.3. The van der Waals surface area contributed by atoms with E-state index in [0.29, 0.717) is 0 Å². The van der Waals surface area contributed by atoms with Crippen LogP contribution in [0.5, 0.6) is 0 Å². The van der Waals surface area contributed by atoms with Crippen LogP contribution in [0.2, 0.25) is 0 Å². The van der Waals surface area contributed by atoms with Crippen LogP contribution in [0.1, 0.15) is 67.2 Å². The van der Waals surface area contributed by atoms with Gasteiger partial charge in [-0.05, 0) is 48.3 Å². The van der Waals surface area contributed by atoms with E-state index in [1.807, 2.05) is 0 Å². The fraction of sp³-hybridized carbons (Fsp3) is 1.00. The molecule has 0 aromatic carbocycles. The van der Waals surface area contributed by atoms with E-state index < -0.39 is 0 Å². The lowest BCUT2D eigenvalue weighted by Crippen LogP contribution is -2.11. The van der Waals surface area contributed by atoms with E-state index in [9.17, 15) is 0 Å². The summed E-state index contributed by atoms with van der Waals surface area (Å²) in [5.41, 5.74) is 0. The third kappa shape index (κ3) is 4.11. The molecule has 3 unspecified atom stereocenters. The Hall–Kier alpha value is 0. The Morgan fingerprint density at radius 3 is 1.88 bits per heavy atom. The molecule has 1 rings (SSSR count). The van der Waals surface area contributed by atoms with E-state index in [2.05, 4.69) is 41.5 Å². The van der Waals surface area contributed by atoms with Crippen LogP contribution in [0.25, 0.3) is 0 Å². The van der Waals surface area contributed by atoms with Crippen molar-refractivity contribution in [3.05, 3.63) is 0 Å². The number of hydrogen-bond donors (Lipinski definition) is 0. The molecule has 0 bridgehead atoms. The highest BCUT2D eigenvalue weighted by Gasteiger charge is 2.41. The van der Waals surface area contributed by atoms with E-state index >= 15 is 0 Å². The van der Waals surface area contributed by atoms with Gasteiger partial charge in [0.2, 0.25) is 0 Å². The van der Waals surface area contributed by atoms with Crippen molar-refractivity contribution in [2.24, 2.45) is 35.5 Å². The molecule has 1 fully saturated rings. The van der Waals surface area contributed by atoms with Gasteiger partial charge in [-0.1, -0.05) is 54.4 Å². The van der Waals surface area contributed by atoms with Crippen LogP contribution < -0.4 is 0 Å². The summed E-state index contributed by atoms with van der Waals surface area (Å²) in [6, 6.07) is 0. The zero-order valence-electron chi connectivity index (χ0n) is 12.3. The molecule has 0 amide bonds. The molecule has 0 aromatic rings. The first-order chi connectivity index (χ1) is 7.43. The maximum absolute atomic E-state index is 2.42. The van der Waals surface area contributed by atoms with Gasteiger partial charge in [-0.3, -0.25) is 0 Å². The maximum atomic E-state index is 2.42. The lowest BCUT2D eigenvalue weighted by atomic mass is 9.83. The van der Waals surface area contributed by atoms with Gasteiger partial charge in [0.15, 0.2) is 0 Å². The van der Waals surface area contributed by atoms with Gasteiger partial charge in [0.1, 0.15) is 0 Å². The van der Waals surface area contributed by atoms with Crippen molar-refractivity contribution in [3.63, 3.8) is 0 Å². The van der Waals surface area contributed by atoms with Gasteiger partial charge in [0.05, 0.1) is 0 Å². The van der Waals surface area contributed by atoms with Gasteiger partial charge >= 0.3 is 0 Å². The molecule has 0 heterocycles. The van der Waals surface area contributed by atoms with Crippen molar-refractivity contribution in [1.82, 2.24) is 0 Å². The molecule has 1 aliphatic rings. The first kappa shape index (κ1) is 14.1. The molecule has 3 atom stereocenters. The average Bonchev–Trinajstić information content (AvgIpc) is 2.73. The molecule has 16 heavy (non-hydrogen) atoms. The summed E-state index contributed by atoms with van der Waals surface area (Å²) in [5.74, 6) is 5.80. The fourth-order valence-corrected chi connectivity index (χ4v) is 3.24. The molecule has 0 spiro atoms. The Labute approximate surface area is 103 Å². The minimum Gasteiger partial charge on any atom is -0.0628 e. The molecular formula is C16H32. The summed E-state index contributed by atoms with van der Waals surface area (Å²) in [6.45, 7) is 14.4. The summed E-state index contributed by atoms with van der Waals surface area (Å²) in [6.07, 6.45) is 5.85. The van der Waals surface area contributed by atoms with E-state index in [1.165, 1.54) is 25.7 Å². The van der Waals surface area contributed by atoms with Gasteiger partial charge < -0.3 is 0 Å². The van der Waals surface area contributed by atoms with Crippen LogP contribution in [0, 0.1) is 35.5 Å². The van der Waals surface area contributed by atoms with Crippen molar-refractivity contribution < 1.29 is 0 Å². The van der Waals surface area contributed by atoms with Crippen molar-refractivity contribution in [3.8, 4) is 0 Å². The Morgan fingerprint density at radius 2 is 1.50 bits per heavy atom. The van der Waals surface area contributed by atoms with Crippen LogP contribution in [-0.2, 0) is 0 Å². The monoisotopic (exact) mass is 224 g/mol. The topological polar surface area (TPSA) is 0 Å². The Bertz CT molecular complexity index is 184. The summed E-state index contributed by atoms with van der Waals surface area (Å²) < 4.78 is 0. The van der Waals surface area contributed by atoms with Gasteiger partial charge in [0.25, 0.3) is 0 Å². The van der Waals surface area contributed by atoms with Crippen molar-refractivity contribution in [2.75, 3.05) is 0 Å². The molecule has 0 nitrogen and oxygen atoms in total. The summed E-state index contributed by atoms with van der Waals surface area (Å²) in [7, 11) is 0. The van der Waals surface area contributed by atoms with Gasteiger partial charge in [0, 0.05) is 0 Å². The fourth-order valence-electron chi connectivity index (χ4n) is 3.24. The second-order valence-electron chi connectivity index (χ2n) is 6.95. The second-order valence-corrected chi connectivity index (χ2v) is 6.95. The number of rotatable bonds is 7. The minimum absolute atomic E-state index is 0.867. The van der Waals surface area contributed by atoms with Gasteiger partial charge in [-0.25, -0.2) is 0 Å². The van der Waals surface area contributed by atoms with Gasteiger partial charge in [-0.2, -0.15) is 0 Å². The third-order valence-corrected chi connectivity index (χ3v) is 4.87. The standard InChI is InChI=1S/C16H32/c1-11(2)10-15(12(3)4)8-7-9-16-13(5)14(16)6/h11-16H,7-10H2,1-6H3. The summed E-state index contributed by atoms with van der Waals surface area (Å²) in [5, 5.41) is 0. The molecule has 96 valence electrons. The minimum atomic E-state index is 0.867.